The molecule has 3 saturated carbocycles. The quantitative estimate of drug-likeness (QED) is 0.0109. The molecular formula is C65H95F5N8O12. The molecule has 6 aliphatic rings. The van der Waals surface area contributed by atoms with Crippen molar-refractivity contribution in [2.75, 3.05) is 139 Å². The Balaban J connectivity index is 0.598. The molecular weight excluding hydrogens is 1180 g/mol. The zero-order valence-electron chi connectivity index (χ0n) is 52.5. The molecule has 20 nitrogen and oxygen atoms in total. The van der Waals surface area contributed by atoms with E-state index in [0.717, 1.165) is 76.6 Å². The molecule has 5 atom stereocenters. The lowest BCUT2D eigenvalue weighted by atomic mass is 9.58. The van der Waals surface area contributed by atoms with Gasteiger partial charge in [-0.15, -0.1) is 0 Å². The number of hydrogen-bond donors (Lipinski definition) is 5. The molecule has 0 aromatic heterocycles. The molecule has 3 heterocycles. The molecule has 3 aliphatic heterocycles. The summed E-state index contributed by atoms with van der Waals surface area (Å²) in [4.78, 5) is 45.2. The number of likely N-dealkylation sites (tertiary alicyclic amines) is 1. The number of halogens is 5. The molecule has 90 heavy (non-hydrogen) atoms. The number of nitrogens with one attached hydrogen (secondary N) is 5. The number of esters is 1. The Morgan fingerprint density at radius 2 is 1.31 bits per heavy atom. The Labute approximate surface area is 526 Å². The van der Waals surface area contributed by atoms with Gasteiger partial charge in [0, 0.05) is 93.2 Å². The van der Waals surface area contributed by atoms with Crippen LogP contribution in [0.15, 0.2) is 54.4 Å². The standard InChI is InChI=1S/C65H95F5N8O12/c1-46(71)78(56-39-52-9-10-55(56)77(52)21-18-64(49-7-4-3-5-8-49)42-57(64)75-62(81)47-11-16-65(69,70)17-12-47)61(72)48-40-63(41-48)15-6-20-76(45-63)58(79)13-22-82-25-28-85-33-34-88-35-36-89-44-51(73-2)43-74-19-24-84-27-30-87-32-31-86-29-26-83-23-14-59(80)90-60-53(67)37-50(66)38-54(60)68/h3-5,7-8,37-38,43,47-48,52,55-57,71-74H,6,9-36,39-42,44-45H2,1-2H3,(H,75,81)/b51-43-,71-46?,72-61?. The Kier molecular flexibility index (Phi) is 27.4. The first kappa shape index (κ1) is 70.5. The summed E-state index contributed by atoms with van der Waals surface area (Å²) < 4.78 is 117. The van der Waals surface area contributed by atoms with Crippen molar-refractivity contribution >= 4 is 29.5 Å². The average Bonchev–Trinajstić information content (AvgIpc) is 1.49. The summed E-state index contributed by atoms with van der Waals surface area (Å²) in [5, 5.41) is 28.1. The first-order valence-corrected chi connectivity index (χ1v) is 32.3. The van der Waals surface area contributed by atoms with Crippen molar-refractivity contribution in [1.82, 2.24) is 30.7 Å². The highest BCUT2D eigenvalue weighted by molar-refractivity contribution is 5.99. The molecule has 3 aliphatic carbocycles. The number of ether oxygens (including phenoxy) is 9. The number of benzene rings is 2. The van der Waals surface area contributed by atoms with Crippen LogP contribution >= 0.6 is 0 Å². The maximum atomic E-state index is 13.9. The minimum atomic E-state index is -2.68. The fourth-order valence-electron chi connectivity index (χ4n) is 13.7. The average molecular weight is 1280 g/mol. The third-order valence-corrected chi connectivity index (χ3v) is 18.6. The van der Waals surface area contributed by atoms with Crippen LogP contribution in [0.5, 0.6) is 5.75 Å². The van der Waals surface area contributed by atoms with Gasteiger partial charge in [-0.3, -0.25) is 30.1 Å². The summed E-state index contributed by atoms with van der Waals surface area (Å²) in [5.41, 5.74) is 1.84. The van der Waals surface area contributed by atoms with Crippen LogP contribution in [-0.2, 0) is 57.7 Å². The number of fused-ring (bicyclic) bond motifs is 2. The largest absolute Gasteiger partial charge is 0.420 e. The molecule has 6 fully saturated rings. The van der Waals surface area contributed by atoms with Gasteiger partial charge in [-0.05, 0) is 95.1 Å². The number of carbonyl (C=O) groups excluding carboxylic acids is 3. The van der Waals surface area contributed by atoms with Crippen molar-refractivity contribution in [3.05, 3.63) is 77.4 Å². The second-order valence-electron chi connectivity index (χ2n) is 24.8. The predicted molar refractivity (Wildman–Crippen MR) is 325 cm³/mol. The lowest BCUT2D eigenvalue weighted by Crippen LogP contribution is -2.58. The van der Waals surface area contributed by atoms with Gasteiger partial charge in [0.1, 0.15) is 11.7 Å². The Morgan fingerprint density at radius 1 is 0.722 bits per heavy atom. The summed E-state index contributed by atoms with van der Waals surface area (Å²) in [6.07, 6.45) is 10.2. The van der Waals surface area contributed by atoms with E-state index in [2.05, 4.69) is 37.7 Å². The van der Waals surface area contributed by atoms with E-state index >= 15 is 0 Å². The zero-order chi connectivity index (χ0) is 63.9. The highest BCUT2D eigenvalue weighted by atomic mass is 19.3. The fraction of sp³-hybridized carbons (Fsp3) is 0.708. The van der Waals surface area contributed by atoms with Crippen molar-refractivity contribution in [3.63, 3.8) is 0 Å². The topological polar surface area (TPSA) is 228 Å². The molecule has 5 N–H and O–H groups in total. The van der Waals surface area contributed by atoms with Crippen LogP contribution in [-0.4, -0.2) is 213 Å². The van der Waals surface area contributed by atoms with Gasteiger partial charge in [-0.1, -0.05) is 30.3 Å². The molecule has 1 spiro atoms. The third-order valence-electron chi connectivity index (χ3n) is 18.6. The molecule has 2 amide bonds. The number of amides is 2. The lowest BCUT2D eigenvalue weighted by Gasteiger charge is -2.54. The minimum Gasteiger partial charge on any atom is -0.420 e. The monoisotopic (exact) mass is 1270 g/mol. The zero-order valence-corrected chi connectivity index (χ0v) is 52.5. The number of alkyl halides is 2. The molecule has 25 heteroatoms. The molecule has 0 radical (unpaired) electrons. The van der Waals surface area contributed by atoms with Gasteiger partial charge >= 0.3 is 5.97 Å². The van der Waals surface area contributed by atoms with Crippen LogP contribution < -0.4 is 20.7 Å². The van der Waals surface area contributed by atoms with E-state index in [4.69, 9.17) is 43.3 Å². The molecule has 8 rings (SSSR count). The van der Waals surface area contributed by atoms with Gasteiger partial charge < -0.3 is 68.4 Å². The van der Waals surface area contributed by atoms with Gasteiger partial charge in [0.05, 0.1) is 136 Å². The summed E-state index contributed by atoms with van der Waals surface area (Å²) >= 11 is 0. The summed E-state index contributed by atoms with van der Waals surface area (Å²) in [6, 6.07) is 11.8. The highest BCUT2D eigenvalue weighted by Gasteiger charge is 2.58. The SMILES string of the molecule is CN/C(=C\NCCOCCOCCOCCOCCC(=O)Oc1c(F)cc(F)cc1F)COCCOCCOCCOCCC(=O)N1CCCC2(CC(C(=N)N(C(C)=N)C3CC4CCC3N4CCC3(c4ccccc4)CC3NC(=O)C3CCC(F)(F)CC3)C2)C1. The maximum absolute atomic E-state index is 13.9. The Hall–Kier alpha value is -5.38. The van der Waals surface area contributed by atoms with Crippen LogP contribution in [0.1, 0.15) is 109 Å². The summed E-state index contributed by atoms with van der Waals surface area (Å²) in [6.45, 7) is 10.1. The molecule has 3 saturated heterocycles. The molecule has 502 valence electrons. The number of amidine groups is 2. The lowest BCUT2D eigenvalue weighted by molar-refractivity contribution is -0.138. The van der Waals surface area contributed by atoms with Crippen molar-refractivity contribution in [2.45, 2.75) is 139 Å². The predicted octanol–water partition coefficient (Wildman–Crippen LogP) is 7.52. The van der Waals surface area contributed by atoms with Gasteiger partial charge in [-0.2, -0.15) is 0 Å². The number of rotatable bonds is 40. The Morgan fingerprint density at radius 3 is 1.92 bits per heavy atom. The number of piperidine rings is 1. The molecule has 2 aromatic rings. The number of hydrogen-bond acceptors (Lipinski definition) is 17. The van der Waals surface area contributed by atoms with E-state index in [1.807, 2.05) is 48.2 Å². The molecule has 2 aromatic carbocycles. The van der Waals surface area contributed by atoms with Crippen molar-refractivity contribution < 1.29 is 79.0 Å². The van der Waals surface area contributed by atoms with E-state index in [9.17, 15) is 41.7 Å². The van der Waals surface area contributed by atoms with Crippen LogP contribution in [0.3, 0.4) is 0 Å². The van der Waals surface area contributed by atoms with Crippen LogP contribution in [0, 0.1) is 45.5 Å². The van der Waals surface area contributed by atoms with E-state index in [0.29, 0.717) is 135 Å². The smallest absolute Gasteiger partial charge is 0.313 e. The third kappa shape index (κ3) is 20.6. The van der Waals surface area contributed by atoms with Gasteiger partial charge in [0.25, 0.3) is 0 Å². The molecule has 2 bridgehead atoms. The fourth-order valence-corrected chi connectivity index (χ4v) is 13.7. The van der Waals surface area contributed by atoms with Gasteiger partial charge in [0.15, 0.2) is 11.6 Å². The van der Waals surface area contributed by atoms with E-state index < -0.39 is 35.1 Å². The first-order valence-electron chi connectivity index (χ1n) is 32.3. The van der Waals surface area contributed by atoms with Gasteiger partial charge in [0.2, 0.25) is 23.5 Å². The van der Waals surface area contributed by atoms with Crippen LogP contribution in [0.25, 0.3) is 0 Å². The first-order chi connectivity index (χ1) is 43.5. The van der Waals surface area contributed by atoms with Crippen molar-refractivity contribution in [2.24, 2.45) is 17.3 Å². The Bertz CT molecular complexity index is 2630. The summed E-state index contributed by atoms with van der Waals surface area (Å²) in [5.74, 6) is -7.67. The normalized spacial score (nSPS) is 23.0. The summed E-state index contributed by atoms with van der Waals surface area (Å²) in [7, 11) is 1.81. The van der Waals surface area contributed by atoms with E-state index in [-0.39, 0.29) is 105 Å². The maximum Gasteiger partial charge on any atom is 0.313 e. The second-order valence-corrected chi connectivity index (χ2v) is 24.8. The van der Waals surface area contributed by atoms with Crippen LogP contribution in [0.2, 0.25) is 0 Å². The number of likely N-dealkylation sites (N-methyl/N-ethyl adjacent to an activating group) is 1. The van der Waals surface area contributed by atoms with Crippen molar-refractivity contribution in [3.8, 4) is 5.75 Å². The van der Waals surface area contributed by atoms with Crippen molar-refractivity contribution in [1.29, 1.82) is 10.8 Å². The minimum absolute atomic E-state index is 0.00869. The number of nitrogens with zero attached hydrogens (tertiary/aromatic N) is 3. The van der Waals surface area contributed by atoms with Crippen LogP contribution in [0.4, 0.5) is 22.0 Å². The second kappa shape index (κ2) is 35.0. The number of carbonyl (C=O) groups is 3. The van der Waals surface area contributed by atoms with E-state index in [1.54, 1.807) is 0 Å². The molecule has 5 unspecified atom stereocenters. The van der Waals surface area contributed by atoms with Gasteiger partial charge in [-0.25, -0.2) is 22.0 Å². The van der Waals surface area contributed by atoms with E-state index in [1.165, 1.54) is 5.56 Å². The highest BCUT2D eigenvalue weighted by Crippen LogP contribution is 2.55.